The Bertz CT molecular complexity index is 1080. The molecule has 0 aliphatic carbocycles. The molecule has 4 rings (SSSR count). The Labute approximate surface area is 157 Å². The molecule has 0 aromatic heterocycles. The summed E-state index contributed by atoms with van der Waals surface area (Å²) in [6, 6.07) is 21.1. The maximum absolute atomic E-state index is 13.1. The van der Waals surface area contributed by atoms with E-state index in [1.54, 1.807) is 12.1 Å². The van der Waals surface area contributed by atoms with Crippen LogP contribution in [0.5, 0.6) is 11.5 Å². The van der Waals surface area contributed by atoms with Crippen LogP contribution < -0.4 is 10.1 Å². The fourth-order valence-electron chi connectivity index (χ4n) is 3.19. The quantitative estimate of drug-likeness (QED) is 0.747. The van der Waals surface area contributed by atoms with Crippen molar-refractivity contribution in [3.8, 4) is 11.5 Å². The first-order valence-electron chi connectivity index (χ1n) is 8.40. The molecule has 0 spiro atoms. The van der Waals surface area contributed by atoms with Crippen LogP contribution in [-0.2, 0) is 14.6 Å². The number of anilines is 1. The van der Waals surface area contributed by atoms with E-state index in [0.29, 0.717) is 17.2 Å². The van der Waals surface area contributed by atoms with Gasteiger partial charge in [-0.05, 0) is 36.4 Å². The molecule has 0 radical (unpaired) electrons. The molecule has 0 bridgehead atoms. The second kappa shape index (κ2) is 6.55. The maximum Gasteiger partial charge on any atom is 0.236 e. The van der Waals surface area contributed by atoms with E-state index in [9.17, 15) is 13.2 Å². The summed E-state index contributed by atoms with van der Waals surface area (Å²) in [6.07, 6.45) is 1.15. The van der Waals surface area contributed by atoms with E-state index in [1.165, 1.54) is 12.1 Å². The number of ether oxygens (including phenoxy) is 1. The van der Waals surface area contributed by atoms with Crippen LogP contribution in [0.15, 0.2) is 77.7 Å². The Balaban J connectivity index is 1.68. The first-order chi connectivity index (χ1) is 12.9. The minimum Gasteiger partial charge on any atom is -0.457 e. The van der Waals surface area contributed by atoms with Gasteiger partial charge in [0.2, 0.25) is 5.91 Å². The maximum atomic E-state index is 13.1. The highest BCUT2D eigenvalue weighted by Gasteiger charge is 2.32. The Hall–Kier alpha value is -3.12. The van der Waals surface area contributed by atoms with Gasteiger partial charge in [0.15, 0.2) is 9.84 Å². The van der Waals surface area contributed by atoms with Gasteiger partial charge in [0, 0.05) is 23.1 Å². The number of rotatable bonds is 3. The van der Waals surface area contributed by atoms with Gasteiger partial charge in [0.1, 0.15) is 11.5 Å². The molecule has 0 saturated carbocycles. The van der Waals surface area contributed by atoms with Crippen LogP contribution in [0.3, 0.4) is 0 Å². The lowest BCUT2D eigenvalue weighted by molar-refractivity contribution is -0.116. The van der Waals surface area contributed by atoms with Crippen LogP contribution >= 0.6 is 0 Å². The Morgan fingerprint density at radius 1 is 0.852 bits per heavy atom. The van der Waals surface area contributed by atoms with Crippen LogP contribution in [0, 0.1) is 0 Å². The van der Waals surface area contributed by atoms with E-state index in [0.717, 1.165) is 17.4 Å². The summed E-state index contributed by atoms with van der Waals surface area (Å²) in [5.74, 6) is 0.596. The summed E-state index contributed by atoms with van der Waals surface area (Å²) >= 11 is 0. The number of carbonyl (C=O) groups excluding carboxylic acids is 1. The minimum absolute atomic E-state index is 0.203. The summed E-state index contributed by atoms with van der Waals surface area (Å²) in [4.78, 5) is 13.3. The van der Waals surface area contributed by atoms with E-state index < -0.39 is 15.8 Å². The fraction of sp³-hybridized carbons (Fsp3) is 0.0952. The van der Waals surface area contributed by atoms with Crippen molar-refractivity contribution in [1.82, 2.24) is 0 Å². The van der Waals surface area contributed by atoms with E-state index in [-0.39, 0.29) is 10.8 Å². The summed E-state index contributed by atoms with van der Waals surface area (Å²) in [5, 5.41) is 2.88. The average molecular weight is 379 g/mol. The topological polar surface area (TPSA) is 72.5 Å². The van der Waals surface area contributed by atoms with Crippen LogP contribution in [0.2, 0.25) is 0 Å². The Kier molecular flexibility index (Phi) is 4.20. The molecule has 3 aromatic rings. The minimum atomic E-state index is -3.28. The lowest BCUT2D eigenvalue weighted by Crippen LogP contribution is -2.25. The standard InChI is InChI=1S/C21H17NO4S/c1-27(24,25)15-12-10-14(11-13-15)22-21(23)20-16-6-2-4-8-18(16)26-19-9-5-3-7-17(19)20/h2-13,20H,1H3,(H,22,23). The molecule has 1 aliphatic heterocycles. The van der Waals surface area contributed by atoms with Crippen molar-refractivity contribution in [2.75, 3.05) is 11.6 Å². The molecule has 0 unspecified atom stereocenters. The number of carbonyl (C=O) groups is 1. The number of hydrogen-bond acceptors (Lipinski definition) is 4. The van der Waals surface area contributed by atoms with Gasteiger partial charge in [0.05, 0.1) is 10.8 Å². The molecule has 0 atom stereocenters. The predicted molar refractivity (Wildman–Crippen MR) is 103 cm³/mol. The van der Waals surface area contributed by atoms with Crippen molar-refractivity contribution in [1.29, 1.82) is 0 Å². The number of hydrogen-bond donors (Lipinski definition) is 1. The first-order valence-corrected chi connectivity index (χ1v) is 10.3. The highest BCUT2D eigenvalue weighted by molar-refractivity contribution is 7.90. The SMILES string of the molecule is CS(=O)(=O)c1ccc(NC(=O)C2c3ccccc3Oc3ccccc32)cc1. The zero-order chi connectivity index (χ0) is 19.0. The average Bonchev–Trinajstić information content (AvgIpc) is 2.65. The van der Waals surface area contributed by atoms with Gasteiger partial charge >= 0.3 is 0 Å². The van der Waals surface area contributed by atoms with Gasteiger partial charge in [-0.15, -0.1) is 0 Å². The number of nitrogens with one attached hydrogen (secondary N) is 1. The number of para-hydroxylation sites is 2. The van der Waals surface area contributed by atoms with Crippen molar-refractivity contribution in [2.45, 2.75) is 10.8 Å². The third kappa shape index (κ3) is 3.31. The third-order valence-corrected chi connectivity index (χ3v) is 5.62. The number of benzene rings is 3. The molecule has 1 N–H and O–H groups in total. The summed E-state index contributed by atoms with van der Waals surface area (Å²) < 4.78 is 29.1. The van der Waals surface area contributed by atoms with E-state index in [1.807, 2.05) is 48.5 Å². The van der Waals surface area contributed by atoms with Crippen molar-refractivity contribution in [3.63, 3.8) is 0 Å². The van der Waals surface area contributed by atoms with Gasteiger partial charge in [-0.2, -0.15) is 0 Å². The Morgan fingerprint density at radius 2 is 1.37 bits per heavy atom. The first kappa shape index (κ1) is 17.3. The summed E-state index contributed by atoms with van der Waals surface area (Å²) in [6.45, 7) is 0. The molecular weight excluding hydrogens is 362 g/mol. The number of sulfone groups is 1. The largest absolute Gasteiger partial charge is 0.457 e. The van der Waals surface area contributed by atoms with Gasteiger partial charge in [-0.25, -0.2) is 8.42 Å². The number of amides is 1. The van der Waals surface area contributed by atoms with Crippen LogP contribution in [-0.4, -0.2) is 20.6 Å². The second-order valence-electron chi connectivity index (χ2n) is 6.40. The molecule has 1 aliphatic rings. The lowest BCUT2D eigenvalue weighted by atomic mass is 9.87. The summed E-state index contributed by atoms with van der Waals surface area (Å²) in [5.41, 5.74) is 2.12. The van der Waals surface area contributed by atoms with Gasteiger partial charge in [-0.1, -0.05) is 36.4 Å². The fourth-order valence-corrected chi connectivity index (χ4v) is 3.82. The third-order valence-electron chi connectivity index (χ3n) is 4.49. The lowest BCUT2D eigenvalue weighted by Gasteiger charge is -2.27. The molecule has 5 nitrogen and oxygen atoms in total. The van der Waals surface area contributed by atoms with E-state index in [2.05, 4.69) is 5.32 Å². The molecule has 1 amide bonds. The van der Waals surface area contributed by atoms with Crippen LogP contribution in [0.25, 0.3) is 0 Å². The van der Waals surface area contributed by atoms with Gasteiger partial charge in [0.25, 0.3) is 0 Å². The van der Waals surface area contributed by atoms with Crippen molar-refractivity contribution in [3.05, 3.63) is 83.9 Å². The highest BCUT2D eigenvalue weighted by atomic mass is 32.2. The number of fused-ring (bicyclic) bond motifs is 2. The molecular formula is C21H17NO4S. The van der Waals surface area contributed by atoms with Gasteiger partial charge < -0.3 is 10.1 Å². The molecule has 27 heavy (non-hydrogen) atoms. The zero-order valence-corrected chi connectivity index (χ0v) is 15.4. The summed E-state index contributed by atoms with van der Waals surface area (Å²) in [7, 11) is -3.28. The van der Waals surface area contributed by atoms with Crippen molar-refractivity contribution in [2.24, 2.45) is 0 Å². The molecule has 6 heteroatoms. The molecule has 0 saturated heterocycles. The van der Waals surface area contributed by atoms with E-state index in [4.69, 9.17) is 4.74 Å². The second-order valence-corrected chi connectivity index (χ2v) is 8.41. The zero-order valence-electron chi connectivity index (χ0n) is 14.5. The van der Waals surface area contributed by atoms with E-state index >= 15 is 0 Å². The smallest absolute Gasteiger partial charge is 0.236 e. The monoisotopic (exact) mass is 379 g/mol. The normalized spacial score (nSPS) is 13.2. The molecule has 136 valence electrons. The van der Waals surface area contributed by atoms with Crippen LogP contribution in [0.4, 0.5) is 5.69 Å². The van der Waals surface area contributed by atoms with Crippen molar-refractivity contribution < 1.29 is 17.9 Å². The van der Waals surface area contributed by atoms with Crippen LogP contribution in [0.1, 0.15) is 17.0 Å². The molecule has 1 heterocycles. The predicted octanol–water partition coefficient (Wildman–Crippen LogP) is 3.97. The van der Waals surface area contributed by atoms with Gasteiger partial charge in [-0.3, -0.25) is 4.79 Å². The van der Waals surface area contributed by atoms with Crippen molar-refractivity contribution >= 4 is 21.4 Å². The molecule has 3 aromatic carbocycles. The highest BCUT2D eigenvalue weighted by Crippen LogP contribution is 2.44. The molecule has 0 fully saturated rings. The Morgan fingerprint density at radius 3 is 1.89 bits per heavy atom.